The first-order valence-corrected chi connectivity index (χ1v) is 6.13. The van der Waals surface area contributed by atoms with Crippen molar-refractivity contribution in [3.05, 3.63) is 0 Å². The molecule has 0 saturated carbocycles. The molecule has 0 aliphatic rings. The molecule has 0 spiro atoms. The van der Waals surface area contributed by atoms with Crippen molar-refractivity contribution in [1.29, 1.82) is 0 Å². The van der Waals surface area contributed by atoms with E-state index in [9.17, 15) is 4.39 Å². The summed E-state index contributed by atoms with van der Waals surface area (Å²) in [5.41, 5.74) is 0. The normalized spacial score (nSPS) is 13.0. The maximum absolute atomic E-state index is 11.8. The van der Waals surface area contributed by atoms with Crippen molar-refractivity contribution in [2.24, 2.45) is 0 Å². The summed E-state index contributed by atoms with van der Waals surface area (Å²) in [5.74, 6) is 0. The molecule has 0 aromatic rings. The van der Waals surface area contributed by atoms with Gasteiger partial charge in [0.15, 0.2) is 0 Å². The zero-order valence-corrected chi connectivity index (χ0v) is 9.88. The zero-order valence-electron chi connectivity index (χ0n) is 9.88. The SMILES string of the molecule is CCCCCCCCCOCC(O)CF. The van der Waals surface area contributed by atoms with Crippen molar-refractivity contribution in [3.8, 4) is 0 Å². The summed E-state index contributed by atoms with van der Waals surface area (Å²) in [4.78, 5) is 0. The number of hydrogen-bond donors (Lipinski definition) is 1. The van der Waals surface area contributed by atoms with Gasteiger partial charge < -0.3 is 9.84 Å². The van der Waals surface area contributed by atoms with E-state index in [0.717, 1.165) is 6.42 Å². The summed E-state index contributed by atoms with van der Waals surface area (Å²) in [6, 6.07) is 0. The molecule has 1 unspecified atom stereocenters. The Bertz CT molecular complexity index is 120. The van der Waals surface area contributed by atoms with Gasteiger partial charge in [-0.3, -0.25) is 0 Å². The van der Waals surface area contributed by atoms with Gasteiger partial charge in [0, 0.05) is 6.61 Å². The Balaban J connectivity index is 2.92. The third-order valence-corrected chi connectivity index (χ3v) is 2.38. The monoisotopic (exact) mass is 220 g/mol. The predicted octanol–water partition coefficient (Wildman–Crippen LogP) is 3.08. The van der Waals surface area contributed by atoms with Crippen molar-refractivity contribution in [2.45, 2.75) is 58.0 Å². The number of ether oxygens (including phenoxy) is 1. The van der Waals surface area contributed by atoms with Gasteiger partial charge in [0.25, 0.3) is 0 Å². The van der Waals surface area contributed by atoms with Crippen molar-refractivity contribution < 1.29 is 14.2 Å². The second-order valence-electron chi connectivity index (χ2n) is 4.00. The van der Waals surface area contributed by atoms with Crippen LogP contribution in [0.1, 0.15) is 51.9 Å². The van der Waals surface area contributed by atoms with E-state index in [4.69, 9.17) is 9.84 Å². The highest BCUT2D eigenvalue weighted by Crippen LogP contribution is 2.06. The Labute approximate surface area is 92.8 Å². The lowest BCUT2D eigenvalue weighted by atomic mass is 10.1. The molecular weight excluding hydrogens is 195 g/mol. The summed E-state index contributed by atoms with van der Waals surface area (Å²) in [7, 11) is 0. The number of aliphatic hydroxyl groups is 1. The molecule has 92 valence electrons. The van der Waals surface area contributed by atoms with Gasteiger partial charge in [-0.1, -0.05) is 45.4 Å². The highest BCUT2D eigenvalue weighted by atomic mass is 19.1. The van der Waals surface area contributed by atoms with Gasteiger partial charge in [-0.25, -0.2) is 4.39 Å². The predicted molar refractivity (Wildman–Crippen MR) is 60.8 cm³/mol. The molecular formula is C12H25FO2. The molecule has 0 rings (SSSR count). The maximum atomic E-state index is 11.8. The highest BCUT2D eigenvalue weighted by molar-refractivity contribution is 4.50. The molecule has 0 amide bonds. The van der Waals surface area contributed by atoms with Crippen LogP contribution >= 0.6 is 0 Å². The highest BCUT2D eigenvalue weighted by Gasteiger charge is 2.01. The molecule has 0 aliphatic carbocycles. The van der Waals surface area contributed by atoms with Crippen LogP contribution in [0, 0.1) is 0 Å². The van der Waals surface area contributed by atoms with Crippen molar-refractivity contribution in [1.82, 2.24) is 0 Å². The van der Waals surface area contributed by atoms with Gasteiger partial charge in [0.2, 0.25) is 0 Å². The van der Waals surface area contributed by atoms with E-state index in [1.165, 1.54) is 38.5 Å². The Morgan fingerprint density at radius 1 is 1.07 bits per heavy atom. The van der Waals surface area contributed by atoms with Gasteiger partial charge >= 0.3 is 0 Å². The molecule has 0 radical (unpaired) electrons. The number of halogens is 1. The third-order valence-electron chi connectivity index (χ3n) is 2.38. The largest absolute Gasteiger partial charge is 0.388 e. The Morgan fingerprint density at radius 2 is 1.67 bits per heavy atom. The second kappa shape index (κ2) is 11.9. The quantitative estimate of drug-likeness (QED) is 0.542. The second-order valence-corrected chi connectivity index (χ2v) is 4.00. The smallest absolute Gasteiger partial charge is 0.118 e. The molecule has 0 aromatic heterocycles. The summed E-state index contributed by atoms with van der Waals surface area (Å²) in [6.45, 7) is 2.28. The molecule has 1 N–H and O–H groups in total. The lowest BCUT2D eigenvalue weighted by molar-refractivity contribution is 0.0228. The van der Waals surface area contributed by atoms with Crippen LogP contribution in [0.4, 0.5) is 4.39 Å². The van der Waals surface area contributed by atoms with Crippen molar-refractivity contribution in [3.63, 3.8) is 0 Å². The molecule has 0 fully saturated rings. The molecule has 15 heavy (non-hydrogen) atoms. The topological polar surface area (TPSA) is 29.5 Å². The number of unbranched alkanes of at least 4 members (excludes halogenated alkanes) is 6. The van der Waals surface area contributed by atoms with E-state index in [-0.39, 0.29) is 6.61 Å². The van der Waals surface area contributed by atoms with E-state index < -0.39 is 12.8 Å². The van der Waals surface area contributed by atoms with E-state index in [2.05, 4.69) is 6.92 Å². The van der Waals surface area contributed by atoms with E-state index in [1.807, 2.05) is 0 Å². The van der Waals surface area contributed by atoms with E-state index >= 15 is 0 Å². The zero-order chi connectivity index (χ0) is 11.4. The van der Waals surface area contributed by atoms with E-state index in [1.54, 1.807) is 0 Å². The minimum Gasteiger partial charge on any atom is -0.388 e. The van der Waals surface area contributed by atoms with Crippen molar-refractivity contribution >= 4 is 0 Å². The van der Waals surface area contributed by atoms with Crippen LogP contribution < -0.4 is 0 Å². The maximum Gasteiger partial charge on any atom is 0.118 e. The molecule has 3 heteroatoms. The van der Waals surface area contributed by atoms with Crippen LogP contribution in [-0.2, 0) is 4.74 Å². The first-order chi connectivity index (χ1) is 7.31. The number of aliphatic hydroxyl groups excluding tert-OH is 1. The fourth-order valence-corrected chi connectivity index (χ4v) is 1.43. The summed E-state index contributed by atoms with van der Waals surface area (Å²) < 4.78 is 16.9. The fraction of sp³-hybridized carbons (Fsp3) is 1.00. The Hall–Kier alpha value is -0.150. The van der Waals surface area contributed by atoms with Gasteiger partial charge in [-0.05, 0) is 6.42 Å². The van der Waals surface area contributed by atoms with Crippen LogP contribution in [0.3, 0.4) is 0 Å². The van der Waals surface area contributed by atoms with Crippen LogP contribution in [0.15, 0.2) is 0 Å². The van der Waals surface area contributed by atoms with Crippen LogP contribution in [-0.4, -0.2) is 31.1 Å². The summed E-state index contributed by atoms with van der Waals surface area (Å²) >= 11 is 0. The molecule has 0 saturated heterocycles. The summed E-state index contributed by atoms with van der Waals surface area (Å²) in [5, 5.41) is 8.86. The lowest BCUT2D eigenvalue weighted by Crippen LogP contribution is -2.17. The molecule has 0 bridgehead atoms. The van der Waals surface area contributed by atoms with Gasteiger partial charge in [-0.15, -0.1) is 0 Å². The van der Waals surface area contributed by atoms with Crippen LogP contribution in [0.2, 0.25) is 0 Å². The number of hydrogen-bond acceptors (Lipinski definition) is 2. The van der Waals surface area contributed by atoms with Gasteiger partial charge in [0.05, 0.1) is 6.61 Å². The standard InChI is InChI=1S/C12H25FO2/c1-2-3-4-5-6-7-8-9-15-11-12(14)10-13/h12,14H,2-11H2,1H3. The summed E-state index contributed by atoms with van der Waals surface area (Å²) in [6.07, 6.45) is 7.77. The van der Waals surface area contributed by atoms with E-state index in [0.29, 0.717) is 6.61 Å². The van der Waals surface area contributed by atoms with Gasteiger partial charge in [0.1, 0.15) is 12.8 Å². The Kier molecular flexibility index (Phi) is 11.8. The lowest BCUT2D eigenvalue weighted by Gasteiger charge is -2.07. The van der Waals surface area contributed by atoms with Crippen LogP contribution in [0.5, 0.6) is 0 Å². The average Bonchev–Trinajstić information content (AvgIpc) is 2.26. The minimum atomic E-state index is -0.936. The number of alkyl halides is 1. The fourth-order valence-electron chi connectivity index (χ4n) is 1.43. The Morgan fingerprint density at radius 3 is 2.27 bits per heavy atom. The molecule has 1 atom stereocenters. The number of rotatable bonds is 11. The molecule has 0 heterocycles. The van der Waals surface area contributed by atoms with Crippen molar-refractivity contribution in [2.75, 3.05) is 19.9 Å². The van der Waals surface area contributed by atoms with Crippen LogP contribution in [0.25, 0.3) is 0 Å². The van der Waals surface area contributed by atoms with Gasteiger partial charge in [-0.2, -0.15) is 0 Å². The molecule has 0 aliphatic heterocycles. The molecule has 0 aromatic carbocycles. The first-order valence-electron chi connectivity index (χ1n) is 6.13. The third kappa shape index (κ3) is 11.8. The average molecular weight is 220 g/mol. The molecule has 2 nitrogen and oxygen atoms in total. The minimum absolute atomic E-state index is 0.131. The first kappa shape index (κ1) is 14.8.